The Hall–Kier alpha value is -0.900. The van der Waals surface area contributed by atoms with Gasteiger partial charge in [0, 0.05) is 38.8 Å². The van der Waals surface area contributed by atoms with E-state index in [-0.39, 0.29) is 0 Å². The van der Waals surface area contributed by atoms with Crippen LogP contribution in [0.3, 0.4) is 0 Å². The van der Waals surface area contributed by atoms with Gasteiger partial charge in [-0.2, -0.15) is 0 Å². The number of nitrogens with zero attached hydrogens (tertiary/aromatic N) is 2. The highest BCUT2D eigenvalue weighted by atomic mass is 16.5. The fourth-order valence-electron chi connectivity index (χ4n) is 3.68. The molecule has 0 aromatic heterocycles. The smallest absolute Gasteiger partial charge is 0.0670 e. The maximum atomic E-state index is 5.49. The second-order valence-corrected chi connectivity index (χ2v) is 6.22. The molecule has 20 heavy (non-hydrogen) atoms. The van der Waals surface area contributed by atoms with Crippen LogP contribution in [-0.4, -0.2) is 55.2 Å². The van der Waals surface area contributed by atoms with Crippen molar-refractivity contribution in [3.8, 4) is 0 Å². The molecule has 0 spiro atoms. The molecule has 2 saturated heterocycles. The number of hydrogen-bond acceptors (Lipinski definition) is 3. The van der Waals surface area contributed by atoms with Gasteiger partial charge in [0.25, 0.3) is 0 Å². The molecule has 0 aliphatic carbocycles. The SMILES string of the molecule is COC(C)CN1CC2CCCN2CC1c1ccccc1. The summed E-state index contributed by atoms with van der Waals surface area (Å²) in [7, 11) is 1.81. The molecule has 1 aromatic rings. The van der Waals surface area contributed by atoms with Crippen molar-refractivity contribution in [2.75, 3.05) is 33.3 Å². The van der Waals surface area contributed by atoms with E-state index in [9.17, 15) is 0 Å². The summed E-state index contributed by atoms with van der Waals surface area (Å²) in [6, 6.07) is 12.2. The van der Waals surface area contributed by atoms with Crippen molar-refractivity contribution in [3.63, 3.8) is 0 Å². The van der Waals surface area contributed by atoms with Gasteiger partial charge in [0.15, 0.2) is 0 Å². The zero-order valence-corrected chi connectivity index (χ0v) is 12.7. The molecule has 3 rings (SSSR count). The Morgan fingerprint density at radius 2 is 2.05 bits per heavy atom. The normalized spacial score (nSPS) is 29.3. The molecule has 0 saturated carbocycles. The fraction of sp³-hybridized carbons (Fsp3) is 0.647. The van der Waals surface area contributed by atoms with Crippen molar-refractivity contribution in [1.29, 1.82) is 0 Å². The Balaban J connectivity index is 1.79. The second-order valence-electron chi connectivity index (χ2n) is 6.22. The largest absolute Gasteiger partial charge is 0.380 e. The minimum atomic E-state index is 0.300. The van der Waals surface area contributed by atoms with E-state index < -0.39 is 0 Å². The summed E-state index contributed by atoms with van der Waals surface area (Å²) >= 11 is 0. The number of piperazine rings is 1. The Morgan fingerprint density at radius 3 is 2.80 bits per heavy atom. The van der Waals surface area contributed by atoms with Gasteiger partial charge in [-0.15, -0.1) is 0 Å². The van der Waals surface area contributed by atoms with E-state index in [1.807, 2.05) is 7.11 Å². The topological polar surface area (TPSA) is 15.7 Å². The first kappa shape index (κ1) is 14.1. The van der Waals surface area contributed by atoms with Gasteiger partial charge in [-0.05, 0) is 31.9 Å². The van der Waals surface area contributed by atoms with Crippen LogP contribution < -0.4 is 0 Å². The predicted octanol–water partition coefficient (Wildman–Crippen LogP) is 2.54. The molecule has 0 bridgehead atoms. The fourth-order valence-corrected chi connectivity index (χ4v) is 3.68. The highest BCUT2D eigenvalue weighted by Crippen LogP contribution is 2.32. The second kappa shape index (κ2) is 6.25. The van der Waals surface area contributed by atoms with Crippen molar-refractivity contribution >= 4 is 0 Å². The van der Waals surface area contributed by atoms with E-state index in [1.54, 1.807) is 0 Å². The molecule has 0 amide bonds. The minimum Gasteiger partial charge on any atom is -0.380 e. The number of methoxy groups -OCH3 is 1. The first-order valence-electron chi connectivity index (χ1n) is 7.83. The predicted molar refractivity (Wildman–Crippen MR) is 81.8 cm³/mol. The van der Waals surface area contributed by atoms with Crippen LogP contribution in [0, 0.1) is 0 Å². The van der Waals surface area contributed by atoms with Crippen LogP contribution >= 0.6 is 0 Å². The van der Waals surface area contributed by atoms with E-state index >= 15 is 0 Å². The highest BCUT2D eigenvalue weighted by molar-refractivity contribution is 5.20. The maximum Gasteiger partial charge on any atom is 0.0670 e. The molecule has 3 heteroatoms. The summed E-state index contributed by atoms with van der Waals surface area (Å²) in [6.45, 7) is 6.84. The van der Waals surface area contributed by atoms with Crippen molar-refractivity contribution in [3.05, 3.63) is 35.9 Å². The number of ether oxygens (including phenoxy) is 1. The van der Waals surface area contributed by atoms with E-state index in [1.165, 1.54) is 38.0 Å². The summed E-state index contributed by atoms with van der Waals surface area (Å²) in [5.41, 5.74) is 1.45. The minimum absolute atomic E-state index is 0.300. The first-order valence-corrected chi connectivity index (χ1v) is 7.83. The van der Waals surface area contributed by atoms with Crippen LogP contribution in [0.5, 0.6) is 0 Å². The third-order valence-corrected chi connectivity index (χ3v) is 4.87. The standard InChI is InChI=1S/C17H26N2O/c1-14(20-2)11-19-12-16-9-6-10-18(16)13-17(19)15-7-4-3-5-8-15/h3-5,7-8,14,16-17H,6,9-13H2,1-2H3. The monoisotopic (exact) mass is 274 g/mol. The molecule has 3 nitrogen and oxygen atoms in total. The Morgan fingerprint density at radius 1 is 1.25 bits per heavy atom. The molecule has 0 radical (unpaired) electrons. The van der Waals surface area contributed by atoms with Crippen LogP contribution in [0.2, 0.25) is 0 Å². The molecular formula is C17H26N2O. The summed E-state index contributed by atoms with van der Waals surface area (Å²) in [5, 5.41) is 0. The van der Waals surface area contributed by atoms with Crippen molar-refractivity contribution in [2.45, 2.75) is 38.0 Å². The van der Waals surface area contributed by atoms with Crippen molar-refractivity contribution in [2.24, 2.45) is 0 Å². The average Bonchev–Trinajstić information content (AvgIpc) is 2.94. The van der Waals surface area contributed by atoms with Gasteiger partial charge in [0.05, 0.1) is 6.10 Å². The van der Waals surface area contributed by atoms with E-state index in [2.05, 4.69) is 47.1 Å². The third-order valence-electron chi connectivity index (χ3n) is 4.87. The summed E-state index contributed by atoms with van der Waals surface area (Å²) in [6.07, 6.45) is 3.02. The number of fused-ring (bicyclic) bond motifs is 1. The van der Waals surface area contributed by atoms with Gasteiger partial charge < -0.3 is 4.74 Å². The van der Waals surface area contributed by atoms with Crippen LogP contribution in [0.1, 0.15) is 31.4 Å². The highest BCUT2D eigenvalue weighted by Gasteiger charge is 2.37. The zero-order chi connectivity index (χ0) is 13.9. The third kappa shape index (κ3) is 2.90. The van der Waals surface area contributed by atoms with Crippen LogP contribution in [0.4, 0.5) is 0 Å². The molecule has 0 N–H and O–H groups in total. The quantitative estimate of drug-likeness (QED) is 0.839. The van der Waals surface area contributed by atoms with Gasteiger partial charge in [-0.1, -0.05) is 30.3 Å². The summed E-state index contributed by atoms with van der Waals surface area (Å²) in [5.74, 6) is 0. The first-order chi connectivity index (χ1) is 9.78. The lowest BCUT2D eigenvalue weighted by Crippen LogP contribution is -2.53. The summed E-state index contributed by atoms with van der Waals surface area (Å²) < 4.78 is 5.49. The van der Waals surface area contributed by atoms with E-state index in [4.69, 9.17) is 4.74 Å². The van der Waals surface area contributed by atoms with Gasteiger partial charge in [0.1, 0.15) is 0 Å². The Kier molecular flexibility index (Phi) is 4.39. The zero-order valence-electron chi connectivity index (χ0n) is 12.7. The van der Waals surface area contributed by atoms with Gasteiger partial charge in [-0.25, -0.2) is 0 Å². The van der Waals surface area contributed by atoms with Gasteiger partial charge in [0.2, 0.25) is 0 Å². The van der Waals surface area contributed by atoms with Gasteiger partial charge >= 0.3 is 0 Å². The number of hydrogen-bond donors (Lipinski definition) is 0. The van der Waals surface area contributed by atoms with E-state index in [0.717, 1.165) is 12.6 Å². The lowest BCUT2D eigenvalue weighted by atomic mass is 9.99. The number of rotatable bonds is 4. The van der Waals surface area contributed by atoms with Crippen molar-refractivity contribution < 1.29 is 4.74 Å². The van der Waals surface area contributed by atoms with Crippen LogP contribution in [-0.2, 0) is 4.74 Å². The summed E-state index contributed by atoms with van der Waals surface area (Å²) in [4.78, 5) is 5.32. The van der Waals surface area contributed by atoms with Gasteiger partial charge in [-0.3, -0.25) is 9.80 Å². The molecule has 3 unspecified atom stereocenters. The molecular weight excluding hydrogens is 248 g/mol. The molecule has 2 heterocycles. The number of benzene rings is 1. The lowest BCUT2D eigenvalue weighted by Gasteiger charge is -2.44. The molecule has 3 atom stereocenters. The Bertz CT molecular complexity index is 422. The van der Waals surface area contributed by atoms with Crippen LogP contribution in [0.15, 0.2) is 30.3 Å². The van der Waals surface area contributed by atoms with Crippen molar-refractivity contribution in [1.82, 2.24) is 9.80 Å². The molecule has 2 aliphatic heterocycles. The lowest BCUT2D eigenvalue weighted by molar-refractivity contribution is 0.00662. The average molecular weight is 274 g/mol. The molecule has 2 aliphatic rings. The molecule has 1 aromatic carbocycles. The molecule has 2 fully saturated rings. The maximum absolute atomic E-state index is 5.49. The Labute approximate surface area is 122 Å². The van der Waals surface area contributed by atoms with Crippen LogP contribution in [0.25, 0.3) is 0 Å². The van der Waals surface area contributed by atoms with E-state index in [0.29, 0.717) is 12.1 Å². The molecule has 110 valence electrons.